The van der Waals surface area contributed by atoms with Crippen LogP contribution >= 0.6 is 0 Å². The number of nitrogens with zero attached hydrogens (tertiary/aromatic N) is 2. The van der Waals surface area contributed by atoms with E-state index in [0.717, 1.165) is 5.92 Å². The normalized spacial score (nSPS) is 17.8. The lowest BCUT2D eigenvalue weighted by molar-refractivity contribution is -0.123. The van der Waals surface area contributed by atoms with Crippen LogP contribution in [0.2, 0.25) is 0 Å². The van der Waals surface area contributed by atoms with Gasteiger partial charge in [-0.2, -0.15) is 17.6 Å². The van der Waals surface area contributed by atoms with Gasteiger partial charge in [0, 0.05) is 26.2 Å². The molecule has 0 unspecified atom stereocenters. The predicted molar refractivity (Wildman–Crippen MR) is 114 cm³/mol. The first-order chi connectivity index (χ1) is 14.5. The van der Waals surface area contributed by atoms with Gasteiger partial charge in [-0.1, -0.05) is 40.0 Å². The van der Waals surface area contributed by atoms with Crippen LogP contribution in [0, 0.1) is 17.3 Å². The van der Waals surface area contributed by atoms with E-state index < -0.39 is 24.6 Å². The minimum absolute atomic E-state index is 0.240. The Bertz CT molecular complexity index is 712. The number of rotatable bonds is 5. The molecule has 1 aromatic heterocycles. The molecule has 1 aromatic rings. The van der Waals surface area contributed by atoms with Gasteiger partial charge in [0.15, 0.2) is 0 Å². The highest BCUT2D eigenvalue weighted by molar-refractivity contribution is 5.92. The summed E-state index contributed by atoms with van der Waals surface area (Å²) < 4.78 is 49.9. The lowest BCUT2D eigenvalue weighted by atomic mass is 9.76. The Morgan fingerprint density at radius 3 is 2.32 bits per heavy atom. The van der Waals surface area contributed by atoms with Crippen molar-refractivity contribution in [3.05, 3.63) is 23.8 Å². The number of hydrogen-bond donors (Lipinski definition) is 2. The Labute approximate surface area is 182 Å². The van der Waals surface area contributed by atoms with Crippen LogP contribution in [0.3, 0.4) is 0 Å². The van der Waals surface area contributed by atoms with Crippen molar-refractivity contribution >= 4 is 11.6 Å². The summed E-state index contributed by atoms with van der Waals surface area (Å²) in [6.07, 6.45) is 2.76. The number of alkyl halides is 3. The van der Waals surface area contributed by atoms with Gasteiger partial charge >= 0.3 is 6.18 Å². The summed E-state index contributed by atoms with van der Waals surface area (Å²) in [5, 5.41) is 4.76. The summed E-state index contributed by atoms with van der Waals surface area (Å²) >= 11 is 0. The number of halogens is 4. The molecule has 0 atom stereocenters. The van der Waals surface area contributed by atoms with Crippen molar-refractivity contribution in [2.45, 2.75) is 59.1 Å². The van der Waals surface area contributed by atoms with Gasteiger partial charge in [-0.3, -0.25) is 4.79 Å². The number of piperazine rings is 1. The third kappa shape index (κ3) is 7.94. The van der Waals surface area contributed by atoms with Gasteiger partial charge in [-0.15, -0.1) is 0 Å². The molecule has 2 heterocycles. The first-order valence-electron chi connectivity index (χ1n) is 11.0. The van der Waals surface area contributed by atoms with Crippen LogP contribution in [0.1, 0.15) is 63.4 Å². The Morgan fingerprint density at radius 1 is 1.19 bits per heavy atom. The van der Waals surface area contributed by atoms with Crippen molar-refractivity contribution in [3.63, 3.8) is 0 Å². The Kier molecular flexibility index (Phi) is 9.09. The molecular formula is C22H34F4N4O. The molecule has 9 heteroatoms. The van der Waals surface area contributed by atoms with E-state index in [2.05, 4.69) is 31.1 Å². The zero-order chi connectivity index (χ0) is 23.1. The van der Waals surface area contributed by atoms with Gasteiger partial charge in [0.1, 0.15) is 12.2 Å². The quantitative estimate of drug-likeness (QED) is 0.515. The van der Waals surface area contributed by atoms with Crippen molar-refractivity contribution in [3.8, 4) is 0 Å². The Balaban J connectivity index is 0.000000285. The molecule has 5 nitrogen and oxygen atoms in total. The summed E-state index contributed by atoms with van der Waals surface area (Å²) in [5.74, 6) is -0.896. The predicted octanol–water partition coefficient (Wildman–Crippen LogP) is 4.54. The van der Waals surface area contributed by atoms with Crippen molar-refractivity contribution in [1.29, 1.82) is 0 Å². The molecule has 1 saturated heterocycles. The van der Waals surface area contributed by atoms with E-state index >= 15 is 0 Å². The number of pyridine rings is 1. The van der Waals surface area contributed by atoms with Crippen LogP contribution in [0.25, 0.3) is 0 Å². The van der Waals surface area contributed by atoms with Gasteiger partial charge in [0.2, 0.25) is 5.95 Å². The molecule has 2 fully saturated rings. The minimum Gasteiger partial charge on any atom is -0.365 e. The maximum atomic E-state index is 13.9. The lowest BCUT2D eigenvalue weighted by Gasteiger charge is -2.30. The van der Waals surface area contributed by atoms with Gasteiger partial charge in [-0.05, 0) is 36.3 Å². The van der Waals surface area contributed by atoms with Crippen LogP contribution in [0.4, 0.5) is 23.2 Å². The van der Waals surface area contributed by atoms with Crippen molar-refractivity contribution in [2.75, 3.05) is 37.6 Å². The number of carbonyl (C=O) groups is 1. The monoisotopic (exact) mass is 446 g/mol. The number of carbonyl (C=O) groups excluding carboxylic acids is 1. The van der Waals surface area contributed by atoms with Gasteiger partial charge < -0.3 is 15.5 Å². The third-order valence-corrected chi connectivity index (χ3v) is 6.34. The summed E-state index contributed by atoms with van der Waals surface area (Å²) in [6.45, 7) is 8.27. The molecule has 0 spiro atoms. The van der Waals surface area contributed by atoms with Crippen LogP contribution in [0.15, 0.2) is 12.1 Å². The van der Waals surface area contributed by atoms with Crippen LogP contribution in [-0.2, 0) is 0 Å². The molecule has 0 radical (unpaired) electrons. The fraction of sp³-hybridized carbons (Fsp3) is 0.727. The maximum absolute atomic E-state index is 13.9. The Hall–Kier alpha value is -1.90. The van der Waals surface area contributed by atoms with E-state index in [1.54, 1.807) is 10.2 Å². The molecule has 0 aromatic carbocycles. The molecule has 3 rings (SSSR count). The summed E-state index contributed by atoms with van der Waals surface area (Å²) in [5.41, 5.74) is 0.482. The molecule has 2 N–H and O–H groups in total. The smallest absolute Gasteiger partial charge is 0.365 e. The number of anilines is 1. The van der Waals surface area contributed by atoms with E-state index in [0.29, 0.717) is 31.6 Å². The van der Waals surface area contributed by atoms with E-state index in [1.807, 2.05) is 0 Å². The van der Waals surface area contributed by atoms with E-state index in [-0.39, 0.29) is 11.4 Å². The largest absolute Gasteiger partial charge is 0.405 e. The van der Waals surface area contributed by atoms with Gasteiger partial charge in [0.25, 0.3) is 5.91 Å². The van der Waals surface area contributed by atoms with Crippen molar-refractivity contribution in [2.24, 2.45) is 11.3 Å². The van der Waals surface area contributed by atoms with Crippen molar-refractivity contribution in [1.82, 2.24) is 15.6 Å². The zero-order valence-corrected chi connectivity index (χ0v) is 18.6. The minimum atomic E-state index is -4.52. The van der Waals surface area contributed by atoms with Gasteiger partial charge in [-0.25, -0.2) is 4.98 Å². The second kappa shape index (κ2) is 11.1. The average molecular weight is 447 g/mol. The van der Waals surface area contributed by atoms with E-state index in [4.69, 9.17) is 0 Å². The topological polar surface area (TPSA) is 57.3 Å². The number of hydrogen-bond acceptors (Lipinski definition) is 4. The fourth-order valence-electron chi connectivity index (χ4n) is 3.96. The van der Waals surface area contributed by atoms with Crippen LogP contribution in [-0.4, -0.2) is 49.8 Å². The molecular weight excluding hydrogens is 412 g/mol. The van der Waals surface area contributed by atoms with Gasteiger partial charge in [0.05, 0.1) is 5.69 Å². The molecule has 0 bridgehead atoms. The van der Waals surface area contributed by atoms with E-state index in [1.165, 1.54) is 44.2 Å². The number of amides is 1. The van der Waals surface area contributed by atoms with E-state index in [9.17, 15) is 22.4 Å². The molecule has 176 valence electrons. The zero-order valence-electron chi connectivity index (χ0n) is 18.6. The first kappa shape index (κ1) is 25.4. The first-order valence-corrected chi connectivity index (χ1v) is 11.0. The molecule has 31 heavy (non-hydrogen) atoms. The number of nitrogens with one attached hydrogen (secondary N) is 2. The standard InChI is InChI=1S/C12H14F4N4O.C10H20/c13-10-9(20-5-3-17-4-6-20)2-1-8(19-10)11(21)18-7-12(14,15)16;1-4-10(2,3)9-7-5-6-8-9/h1-2,17H,3-7H2,(H,18,21);9H,4-8H2,1-3H3. The number of aromatic nitrogens is 1. The highest BCUT2D eigenvalue weighted by Crippen LogP contribution is 2.41. The van der Waals surface area contributed by atoms with Crippen LogP contribution < -0.4 is 15.5 Å². The lowest BCUT2D eigenvalue weighted by Crippen LogP contribution is -2.44. The maximum Gasteiger partial charge on any atom is 0.405 e. The molecule has 1 aliphatic carbocycles. The highest BCUT2D eigenvalue weighted by atomic mass is 19.4. The molecule has 1 amide bonds. The molecule has 2 aliphatic rings. The average Bonchev–Trinajstić information content (AvgIpc) is 3.28. The molecule has 1 saturated carbocycles. The summed E-state index contributed by atoms with van der Waals surface area (Å²) in [7, 11) is 0. The summed E-state index contributed by atoms with van der Waals surface area (Å²) in [6, 6.07) is 2.57. The van der Waals surface area contributed by atoms with Crippen molar-refractivity contribution < 1.29 is 22.4 Å². The Morgan fingerprint density at radius 2 is 1.81 bits per heavy atom. The third-order valence-electron chi connectivity index (χ3n) is 6.34. The second-order valence-corrected chi connectivity index (χ2v) is 8.86. The second-order valence-electron chi connectivity index (χ2n) is 8.86. The van der Waals surface area contributed by atoms with Crippen LogP contribution in [0.5, 0.6) is 0 Å². The SMILES string of the molecule is CCC(C)(C)C1CCCC1.O=C(NCC(F)(F)F)c1ccc(N2CCNCC2)c(F)n1. The fourth-order valence-corrected chi connectivity index (χ4v) is 3.96. The molecule has 1 aliphatic heterocycles. The highest BCUT2D eigenvalue weighted by Gasteiger charge is 2.30. The summed E-state index contributed by atoms with van der Waals surface area (Å²) in [4.78, 5) is 16.7.